The van der Waals surface area contributed by atoms with Gasteiger partial charge >= 0.3 is 6.18 Å². The molecule has 39 heavy (non-hydrogen) atoms. The van der Waals surface area contributed by atoms with E-state index in [1.54, 1.807) is 0 Å². The summed E-state index contributed by atoms with van der Waals surface area (Å²) >= 11 is 6.11. The van der Waals surface area contributed by atoms with E-state index in [9.17, 15) is 26.4 Å². The maximum absolute atomic E-state index is 13.8. The molecule has 0 aromatic heterocycles. The molecule has 3 aromatic carbocycles. The third-order valence-corrected chi connectivity index (χ3v) is 7.29. The van der Waals surface area contributed by atoms with Crippen molar-refractivity contribution in [3.8, 4) is 17.2 Å². The summed E-state index contributed by atoms with van der Waals surface area (Å²) in [7, 11) is -0.450. The molecular weight excluding hydrogens is 563 g/mol. The maximum Gasteiger partial charge on any atom is 0.417 e. The second-order valence-electron chi connectivity index (χ2n) is 7.72. The summed E-state index contributed by atoms with van der Waals surface area (Å²) in [5, 5.41) is 3.74. The van der Waals surface area contributed by atoms with E-state index in [1.165, 1.54) is 75.9 Å². The number of nitrogens with one attached hydrogen (secondary N) is 1. The number of ether oxygens (including phenoxy) is 3. The number of alkyl halides is 3. The molecule has 14 heteroatoms. The summed E-state index contributed by atoms with van der Waals surface area (Å²) < 4.78 is 83.6. The van der Waals surface area contributed by atoms with E-state index >= 15 is 0 Å². The summed E-state index contributed by atoms with van der Waals surface area (Å²) in [6.45, 7) is -0.828. The monoisotopic (exact) mass is 585 g/mol. The van der Waals surface area contributed by atoms with Gasteiger partial charge in [-0.2, -0.15) is 18.3 Å². The molecule has 3 aromatic rings. The molecule has 0 aliphatic carbocycles. The lowest BCUT2D eigenvalue weighted by Crippen LogP contribution is -2.39. The van der Waals surface area contributed by atoms with Gasteiger partial charge in [0.1, 0.15) is 12.3 Å². The summed E-state index contributed by atoms with van der Waals surface area (Å²) in [6.07, 6.45) is -3.83. The van der Waals surface area contributed by atoms with Gasteiger partial charge in [-0.1, -0.05) is 29.8 Å². The number of methoxy groups -OCH3 is 3. The second-order valence-corrected chi connectivity index (χ2v) is 10.0. The normalized spacial score (nSPS) is 11.8. The van der Waals surface area contributed by atoms with Crippen molar-refractivity contribution in [1.82, 2.24) is 5.43 Å². The molecule has 0 fully saturated rings. The SMILES string of the molecule is COc1ccc(S(=O)(=O)N(CC(=O)N/N=C\c2ccccc2C(F)(F)F)c2cc(Cl)ccc2OC)cc1OC. The van der Waals surface area contributed by atoms with Crippen LogP contribution in [-0.4, -0.2) is 48.4 Å². The van der Waals surface area contributed by atoms with Crippen LogP contribution < -0.4 is 23.9 Å². The van der Waals surface area contributed by atoms with Gasteiger partial charge in [-0.3, -0.25) is 9.10 Å². The first-order valence-corrected chi connectivity index (χ1v) is 12.8. The Hall–Kier alpha value is -3.97. The Morgan fingerprint density at radius 1 is 0.974 bits per heavy atom. The molecule has 9 nitrogen and oxygen atoms in total. The zero-order valence-corrected chi connectivity index (χ0v) is 22.4. The standard InChI is InChI=1S/C25H23ClF3N3O6S/c1-36-21-10-8-17(26)12-20(21)32(39(34,35)18-9-11-22(37-2)23(13-18)38-3)15-24(33)31-30-14-16-6-4-5-7-19(16)25(27,28)29/h4-14H,15H2,1-3H3,(H,31,33)/b30-14-. The van der Waals surface area contributed by atoms with Crippen molar-refractivity contribution in [2.45, 2.75) is 11.1 Å². The van der Waals surface area contributed by atoms with Crippen LogP contribution in [0, 0.1) is 0 Å². The fourth-order valence-corrected chi connectivity index (χ4v) is 5.07. The third-order valence-electron chi connectivity index (χ3n) is 5.30. The maximum atomic E-state index is 13.8. The fourth-order valence-electron chi connectivity index (χ4n) is 3.47. The Labute approximate surface area is 227 Å². The van der Waals surface area contributed by atoms with Gasteiger partial charge in [0.25, 0.3) is 15.9 Å². The number of anilines is 1. The minimum atomic E-state index is -4.64. The average molecular weight is 586 g/mol. The van der Waals surface area contributed by atoms with Gasteiger partial charge < -0.3 is 14.2 Å². The zero-order valence-electron chi connectivity index (χ0n) is 20.8. The first kappa shape index (κ1) is 29.6. The van der Waals surface area contributed by atoms with Crippen molar-refractivity contribution < 1.29 is 40.6 Å². The van der Waals surface area contributed by atoms with Crippen LogP contribution in [0.5, 0.6) is 17.2 Å². The molecular formula is C25H23ClF3N3O6S. The van der Waals surface area contributed by atoms with Crippen molar-refractivity contribution in [2.24, 2.45) is 5.10 Å². The number of carbonyl (C=O) groups is 1. The lowest BCUT2D eigenvalue weighted by atomic mass is 10.1. The lowest BCUT2D eigenvalue weighted by Gasteiger charge is -2.25. The minimum Gasteiger partial charge on any atom is -0.495 e. The molecule has 3 rings (SSSR count). The van der Waals surface area contributed by atoms with E-state index in [1.807, 2.05) is 0 Å². The van der Waals surface area contributed by atoms with Crippen LogP contribution in [0.3, 0.4) is 0 Å². The molecule has 0 aliphatic heterocycles. The zero-order chi connectivity index (χ0) is 28.8. The Morgan fingerprint density at radius 3 is 2.26 bits per heavy atom. The highest BCUT2D eigenvalue weighted by atomic mass is 35.5. The van der Waals surface area contributed by atoms with Gasteiger partial charge in [-0.15, -0.1) is 0 Å². The van der Waals surface area contributed by atoms with Crippen LogP contribution in [0.4, 0.5) is 18.9 Å². The van der Waals surface area contributed by atoms with E-state index < -0.39 is 34.2 Å². The molecule has 0 heterocycles. The number of rotatable bonds is 10. The lowest BCUT2D eigenvalue weighted by molar-refractivity contribution is -0.137. The van der Waals surface area contributed by atoms with Crippen LogP contribution >= 0.6 is 11.6 Å². The first-order valence-electron chi connectivity index (χ1n) is 11.0. The van der Waals surface area contributed by atoms with Gasteiger partial charge in [0, 0.05) is 16.7 Å². The molecule has 0 spiro atoms. The molecule has 0 atom stereocenters. The Balaban J connectivity index is 1.98. The number of halogens is 4. The first-order chi connectivity index (χ1) is 18.4. The van der Waals surface area contributed by atoms with Crippen molar-refractivity contribution >= 4 is 39.4 Å². The quantitative estimate of drug-likeness (QED) is 0.272. The van der Waals surface area contributed by atoms with Crippen molar-refractivity contribution in [3.05, 3.63) is 76.8 Å². The molecule has 0 aliphatic rings. The molecule has 1 N–H and O–H groups in total. The van der Waals surface area contributed by atoms with Crippen LogP contribution in [-0.2, 0) is 21.0 Å². The van der Waals surface area contributed by atoms with E-state index in [4.69, 9.17) is 25.8 Å². The number of nitrogens with zero attached hydrogens (tertiary/aromatic N) is 2. The molecule has 0 bridgehead atoms. The number of carbonyl (C=O) groups excluding carboxylic acids is 1. The van der Waals surface area contributed by atoms with E-state index in [-0.39, 0.29) is 38.4 Å². The molecule has 0 saturated carbocycles. The van der Waals surface area contributed by atoms with Gasteiger partial charge in [0.2, 0.25) is 0 Å². The fraction of sp³-hybridized carbons (Fsp3) is 0.200. The Bertz CT molecular complexity index is 1480. The number of hydrogen-bond donors (Lipinski definition) is 1. The van der Waals surface area contributed by atoms with Crippen LogP contribution in [0.15, 0.2) is 70.7 Å². The molecule has 1 amide bonds. The molecule has 0 saturated heterocycles. The average Bonchev–Trinajstić information content (AvgIpc) is 2.90. The summed E-state index contributed by atoms with van der Waals surface area (Å²) in [5.74, 6) is -0.482. The molecule has 0 radical (unpaired) electrons. The smallest absolute Gasteiger partial charge is 0.417 e. The minimum absolute atomic E-state index is 0.0682. The topological polar surface area (TPSA) is 107 Å². The summed E-state index contributed by atoms with van der Waals surface area (Å²) in [4.78, 5) is 12.6. The summed E-state index contributed by atoms with van der Waals surface area (Å²) in [5.41, 5.74) is 0.748. The highest BCUT2D eigenvalue weighted by Crippen LogP contribution is 2.37. The van der Waals surface area contributed by atoms with Crippen LogP contribution in [0.1, 0.15) is 11.1 Å². The van der Waals surface area contributed by atoms with Crippen molar-refractivity contribution in [2.75, 3.05) is 32.2 Å². The number of sulfonamides is 1. The number of hydrogen-bond acceptors (Lipinski definition) is 7. The van der Waals surface area contributed by atoms with Gasteiger partial charge in [-0.25, -0.2) is 13.8 Å². The van der Waals surface area contributed by atoms with Crippen LogP contribution in [0.2, 0.25) is 5.02 Å². The Kier molecular flexibility index (Phi) is 9.30. The highest BCUT2D eigenvalue weighted by molar-refractivity contribution is 7.92. The van der Waals surface area contributed by atoms with Crippen molar-refractivity contribution in [1.29, 1.82) is 0 Å². The third kappa shape index (κ3) is 6.92. The summed E-state index contributed by atoms with van der Waals surface area (Å²) in [6, 6.07) is 12.6. The predicted octanol–water partition coefficient (Wildman–Crippen LogP) is 4.73. The van der Waals surface area contributed by atoms with E-state index in [2.05, 4.69) is 10.5 Å². The highest BCUT2D eigenvalue weighted by Gasteiger charge is 2.33. The largest absolute Gasteiger partial charge is 0.495 e. The van der Waals surface area contributed by atoms with Crippen LogP contribution in [0.25, 0.3) is 0 Å². The Morgan fingerprint density at radius 2 is 1.62 bits per heavy atom. The van der Waals surface area contributed by atoms with E-state index in [0.717, 1.165) is 16.6 Å². The van der Waals surface area contributed by atoms with E-state index in [0.29, 0.717) is 0 Å². The van der Waals surface area contributed by atoms with Gasteiger partial charge in [0.15, 0.2) is 11.5 Å². The van der Waals surface area contributed by atoms with Crippen molar-refractivity contribution in [3.63, 3.8) is 0 Å². The molecule has 208 valence electrons. The number of benzene rings is 3. The number of hydrazone groups is 1. The number of amides is 1. The second kappa shape index (κ2) is 12.3. The molecule has 0 unspecified atom stereocenters. The van der Waals surface area contributed by atoms with Gasteiger partial charge in [-0.05, 0) is 36.4 Å². The van der Waals surface area contributed by atoms with Gasteiger partial charge in [0.05, 0.1) is 43.7 Å². The predicted molar refractivity (Wildman–Crippen MR) is 139 cm³/mol.